The van der Waals surface area contributed by atoms with Crippen molar-refractivity contribution in [2.45, 2.75) is 0 Å². The summed E-state index contributed by atoms with van der Waals surface area (Å²) in [5, 5.41) is 5.32. The Bertz CT molecular complexity index is 762. The third-order valence-corrected chi connectivity index (χ3v) is 3.66. The Balaban J connectivity index is 2.24. The number of carbonyl (C=O) groups is 2. The van der Waals surface area contributed by atoms with E-state index in [0.29, 0.717) is 22.3 Å². The monoisotopic (exact) mass is 376 g/mol. The number of hydrogen-bond donors (Lipinski definition) is 2. The second kappa shape index (κ2) is 7.69. The molecule has 0 saturated carbocycles. The molecule has 118 valence electrons. The van der Waals surface area contributed by atoms with Crippen molar-refractivity contribution in [3.63, 3.8) is 0 Å². The first-order valence-corrected chi connectivity index (χ1v) is 7.56. The van der Waals surface area contributed by atoms with Gasteiger partial charge in [0.25, 0.3) is 11.8 Å². The summed E-state index contributed by atoms with van der Waals surface area (Å²) in [5.74, 6) is -1.21. The van der Waals surface area contributed by atoms with Crippen molar-refractivity contribution >= 4 is 33.4 Å². The molecular weight excluding hydrogens is 363 g/mol. The third kappa shape index (κ3) is 4.26. The molecule has 0 bridgehead atoms. The Kier molecular flexibility index (Phi) is 5.65. The Labute approximate surface area is 141 Å². The normalized spacial score (nSPS) is 10.0. The minimum Gasteiger partial charge on any atom is -0.349 e. The van der Waals surface area contributed by atoms with Crippen LogP contribution in [0.15, 0.2) is 59.6 Å². The molecule has 4 nitrogen and oxygen atoms in total. The van der Waals surface area contributed by atoms with Crippen molar-refractivity contribution in [1.82, 2.24) is 5.32 Å². The van der Waals surface area contributed by atoms with Gasteiger partial charge in [-0.1, -0.05) is 18.2 Å². The number of rotatable bonds is 5. The van der Waals surface area contributed by atoms with Gasteiger partial charge >= 0.3 is 0 Å². The van der Waals surface area contributed by atoms with Gasteiger partial charge in [-0.2, -0.15) is 0 Å². The molecule has 0 aliphatic carbocycles. The maximum atomic E-state index is 13.1. The maximum Gasteiger partial charge on any atom is 0.256 e. The van der Waals surface area contributed by atoms with Gasteiger partial charge in [-0.15, -0.1) is 6.58 Å². The van der Waals surface area contributed by atoms with Crippen molar-refractivity contribution in [2.75, 3.05) is 11.9 Å². The van der Waals surface area contributed by atoms with Gasteiger partial charge in [-0.3, -0.25) is 9.59 Å². The van der Waals surface area contributed by atoms with E-state index >= 15 is 0 Å². The first-order valence-electron chi connectivity index (χ1n) is 6.77. The fourth-order valence-corrected chi connectivity index (χ4v) is 2.44. The van der Waals surface area contributed by atoms with Crippen molar-refractivity contribution in [1.29, 1.82) is 0 Å². The molecule has 0 radical (unpaired) electrons. The van der Waals surface area contributed by atoms with E-state index in [-0.39, 0.29) is 11.5 Å². The molecule has 0 atom stereocenters. The van der Waals surface area contributed by atoms with Gasteiger partial charge in [0.05, 0.1) is 16.8 Å². The van der Waals surface area contributed by atoms with E-state index in [2.05, 4.69) is 33.1 Å². The largest absolute Gasteiger partial charge is 0.349 e. The lowest BCUT2D eigenvalue weighted by Crippen LogP contribution is -2.25. The van der Waals surface area contributed by atoms with Crippen molar-refractivity contribution in [2.24, 2.45) is 0 Å². The smallest absolute Gasteiger partial charge is 0.256 e. The van der Waals surface area contributed by atoms with Crippen LogP contribution < -0.4 is 10.6 Å². The molecule has 2 amide bonds. The summed E-state index contributed by atoms with van der Waals surface area (Å²) >= 11 is 3.15. The molecule has 2 aromatic carbocycles. The molecule has 0 spiro atoms. The lowest BCUT2D eigenvalue weighted by atomic mass is 10.1. The number of anilines is 1. The molecule has 6 heteroatoms. The lowest BCUT2D eigenvalue weighted by molar-refractivity contribution is 0.0959. The van der Waals surface area contributed by atoms with E-state index < -0.39 is 11.7 Å². The molecule has 2 aromatic rings. The van der Waals surface area contributed by atoms with Gasteiger partial charge in [-0.05, 0) is 46.3 Å². The van der Waals surface area contributed by atoms with Crippen molar-refractivity contribution in [3.05, 3.63) is 76.5 Å². The second-order valence-electron chi connectivity index (χ2n) is 4.62. The van der Waals surface area contributed by atoms with E-state index in [1.807, 2.05) is 0 Å². The van der Waals surface area contributed by atoms with Crippen LogP contribution in [-0.4, -0.2) is 18.4 Å². The average Bonchev–Trinajstić information content (AvgIpc) is 2.53. The van der Waals surface area contributed by atoms with Gasteiger partial charge in [0.1, 0.15) is 5.82 Å². The third-order valence-electron chi connectivity index (χ3n) is 3.00. The quantitative estimate of drug-likeness (QED) is 0.780. The number of carbonyl (C=O) groups excluding carboxylic acids is 2. The Hall–Kier alpha value is -2.47. The topological polar surface area (TPSA) is 58.2 Å². The average molecular weight is 377 g/mol. The van der Waals surface area contributed by atoms with Crippen LogP contribution in [-0.2, 0) is 0 Å². The van der Waals surface area contributed by atoms with E-state index in [4.69, 9.17) is 0 Å². The molecule has 0 saturated heterocycles. The van der Waals surface area contributed by atoms with E-state index in [9.17, 15) is 14.0 Å². The molecule has 0 aromatic heterocycles. The molecule has 0 aliphatic rings. The maximum absolute atomic E-state index is 13.1. The van der Waals surface area contributed by atoms with E-state index in [1.165, 1.54) is 18.2 Å². The first-order chi connectivity index (χ1) is 11.0. The summed E-state index contributed by atoms with van der Waals surface area (Å²) in [6, 6.07) is 10.4. The van der Waals surface area contributed by atoms with Crippen molar-refractivity contribution in [3.8, 4) is 0 Å². The highest BCUT2D eigenvalue weighted by molar-refractivity contribution is 9.10. The molecule has 0 aliphatic heterocycles. The minimum absolute atomic E-state index is 0.271. The van der Waals surface area contributed by atoms with E-state index in [1.54, 1.807) is 30.3 Å². The minimum atomic E-state index is -0.447. The number of hydrogen-bond acceptors (Lipinski definition) is 2. The molecular formula is C17H14BrFN2O2. The molecule has 2 rings (SSSR count). The molecule has 0 unspecified atom stereocenters. The summed E-state index contributed by atoms with van der Waals surface area (Å²) in [4.78, 5) is 24.4. The predicted octanol–water partition coefficient (Wildman–Crippen LogP) is 3.76. The Morgan fingerprint density at radius 2 is 1.87 bits per heavy atom. The van der Waals surface area contributed by atoms with Gasteiger partial charge in [0, 0.05) is 11.0 Å². The summed E-state index contributed by atoms with van der Waals surface area (Å²) in [6.45, 7) is 3.86. The van der Waals surface area contributed by atoms with Crippen LogP contribution in [0.2, 0.25) is 0 Å². The zero-order valence-electron chi connectivity index (χ0n) is 12.1. The number of para-hydroxylation sites is 1. The van der Waals surface area contributed by atoms with Gasteiger partial charge in [-0.25, -0.2) is 4.39 Å². The SMILES string of the molecule is C=CCNC(=O)c1ccccc1NC(=O)c1ccc(F)cc1Br. The second-order valence-corrected chi connectivity index (χ2v) is 5.48. The number of halogens is 2. The number of nitrogens with one attached hydrogen (secondary N) is 2. The van der Waals surface area contributed by atoms with Gasteiger partial charge in [0.15, 0.2) is 0 Å². The Morgan fingerprint density at radius 3 is 2.57 bits per heavy atom. The standard InChI is InChI=1S/C17H14BrFN2O2/c1-2-9-20-16(22)13-5-3-4-6-15(13)21-17(23)12-8-7-11(19)10-14(12)18/h2-8,10H,1,9H2,(H,20,22)(H,21,23). The summed E-state index contributed by atoms with van der Waals surface area (Å²) in [5.41, 5.74) is 0.976. The summed E-state index contributed by atoms with van der Waals surface area (Å²) in [7, 11) is 0. The zero-order valence-corrected chi connectivity index (χ0v) is 13.7. The highest BCUT2D eigenvalue weighted by Crippen LogP contribution is 2.21. The molecule has 2 N–H and O–H groups in total. The molecule has 23 heavy (non-hydrogen) atoms. The zero-order chi connectivity index (χ0) is 16.8. The fourth-order valence-electron chi connectivity index (χ4n) is 1.91. The number of benzene rings is 2. The van der Waals surface area contributed by atoms with Gasteiger partial charge in [0.2, 0.25) is 0 Å². The van der Waals surface area contributed by atoms with Crippen LogP contribution >= 0.6 is 15.9 Å². The first kappa shape index (κ1) is 16.9. The molecule has 0 fully saturated rings. The van der Waals surface area contributed by atoms with Crippen LogP contribution in [0, 0.1) is 5.82 Å². The van der Waals surface area contributed by atoms with Crippen LogP contribution in [0.3, 0.4) is 0 Å². The van der Waals surface area contributed by atoms with Gasteiger partial charge < -0.3 is 10.6 Å². The number of amides is 2. The Morgan fingerprint density at radius 1 is 1.13 bits per heavy atom. The van der Waals surface area contributed by atoms with E-state index in [0.717, 1.165) is 0 Å². The van der Waals surface area contributed by atoms with Crippen LogP contribution in [0.1, 0.15) is 20.7 Å². The predicted molar refractivity (Wildman–Crippen MR) is 91.0 cm³/mol. The van der Waals surface area contributed by atoms with Crippen molar-refractivity contribution < 1.29 is 14.0 Å². The highest BCUT2D eigenvalue weighted by Gasteiger charge is 2.15. The summed E-state index contributed by atoms with van der Waals surface area (Å²) in [6.07, 6.45) is 1.56. The van der Waals surface area contributed by atoms with Crippen LogP contribution in [0.4, 0.5) is 10.1 Å². The molecule has 0 heterocycles. The fraction of sp³-hybridized carbons (Fsp3) is 0.0588. The highest BCUT2D eigenvalue weighted by atomic mass is 79.9. The van der Waals surface area contributed by atoms with Crippen LogP contribution in [0.5, 0.6) is 0 Å². The lowest BCUT2D eigenvalue weighted by Gasteiger charge is -2.11. The summed E-state index contributed by atoms with van der Waals surface area (Å²) < 4.78 is 13.4. The van der Waals surface area contributed by atoms with Crippen LogP contribution in [0.25, 0.3) is 0 Å².